The van der Waals surface area contributed by atoms with Gasteiger partial charge >= 0.3 is 6.18 Å². The summed E-state index contributed by atoms with van der Waals surface area (Å²) < 4.78 is 45.2. The van der Waals surface area contributed by atoms with E-state index in [0.717, 1.165) is 32.8 Å². The molecule has 3 nitrogen and oxygen atoms in total. The molecule has 0 amide bonds. The van der Waals surface area contributed by atoms with Gasteiger partial charge in [0.05, 0.1) is 23.2 Å². The summed E-state index contributed by atoms with van der Waals surface area (Å²) in [6, 6.07) is 19.1. The molecule has 0 saturated carbocycles. The van der Waals surface area contributed by atoms with Crippen LogP contribution >= 0.6 is 23.1 Å². The van der Waals surface area contributed by atoms with E-state index in [1.807, 2.05) is 48.5 Å². The third-order valence-corrected chi connectivity index (χ3v) is 7.00. The van der Waals surface area contributed by atoms with Crippen LogP contribution in [0.25, 0.3) is 21.7 Å². The number of benzene rings is 3. The number of hydrogen-bond acceptors (Lipinski definition) is 5. The van der Waals surface area contributed by atoms with Crippen LogP contribution in [0.15, 0.2) is 76.5 Å². The first kappa shape index (κ1) is 20.0. The van der Waals surface area contributed by atoms with Gasteiger partial charge in [-0.1, -0.05) is 53.4 Å². The maximum Gasteiger partial charge on any atom is 0.416 e. The molecule has 1 aliphatic heterocycles. The Bertz CT molecular complexity index is 1280. The average molecular weight is 457 g/mol. The van der Waals surface area contributed by atoms with Gasteiger partial charge in [0.25, 0.3) is 0 Å². The highest BCUT2D eigenvalue weighted by molar-refractivity contribution is 7.99. The van der Waals surface area contributed by atoms with Crippen molar-refractivity contribution >= 4 is 33.9 Å². The highest BCUT2D eigenvalue weighted by atomic mass is 32.2. The molecule has 0 radical (unpaired) electrons. The lowest BCUT2D eigenvalue weighted by atomic mass is 10.0. The minimum Gasteiger partial charge on any atom is -0.497 e. The summed E-state index contributed by atoms with van der Waals surface area (Å²) in [5.41, 5.74) is 2.49. The number of ether oxygens (including phenoxy) is 1. The summed E-state index contributed by atoms with van der Waals surface area (Å²) >= 11 is 2.81. The van der Waals surface area contributed by atoms with Crippen molar-refractivity contribution in [2.45, 2.75) is 16.0 Å². The molecule has 31 heavy (non-hydrogen) atoms. The van der Waals surface area contributed by atoms with Crippen LogP contribution in [0.3, 0.4) is 0 Å². The van der Waals surface area contributed by atoms with Crippen molar-refractivity contribution in [3.8, 4) is 27.4 Å². The van der Waals surface area contributed by atoms with Crippen molar-refractivity contribution in [1.29, 1.82) is 0 Å². The van der Waals surface area contributed by atoms with Gasteiger partial charge in [-0.2, -0.15) is 13.2 Å². The molecular weight excluding hydrogens is 441 g/mol. The Labute approximate surface area is 184 Å². The van der Waals surface area contributed by atoms with E-state index in [-0.39, 0.29) is 0 Å². The summed E-state index contributed by atoms with van der Waals surface area (Å²) in [5, 5.41) is 3.95. The highest BCUT2D eigenvalue weighted by Crippen LogP contribution is 2.51. The Morgan fingerprint density at radius 2 is 1.74 bits per heavy atom. The van der Waals surface area contributed by atoms with Crippen molar-refractivity contribution in [1.82, 2.24) is 4.98 Å². The van der Waals surface area contributed by atoms with Crippen LogP contribution in [0, 0.1) is 0 Å². The smallest absolute Gasteiger partial charge is 0.416 e. The van der Waals surface area contributed by atoms with Gasteiger partial charge in [-0.3, -0.25) is 0 Å². The molecule has 0 fully saturated rings. The summed E-state index contributed by atoms with van der Waals surface area (Å²) in [7, 11) is 1.60. The second kappa shape index (κ2) is 7.62. The van der Waals surface area contributed by atoms with Gasteiger partial charge in [0.2, 0.25) is 0 Å². The Balaban J connectivity index is 1.64. The van der Waals surface area contributed by atoms with Crippen molar-refractivity contribution < 1.29 is 17.9 Å². The number of halogens is 3. The first-order valence-corrected chi connectivity index (χ1v) is 11.0. The third-order valence-electron chi connectivity index (χ3n) is 4.86. The highest BCUT2D eigenvalue weighted by Gasteiger charge is 2.32. The molecule has 1 aliphatic rings. The molecule has 0 aliphatic carbocycles. The molecule has 4 aromatic rings. The van der Waals surface area contributed by atoms with Gasteiger partial charge in [0.15, 0.2) is 5.13 Å². The van der Waals surface area contributed by atoms with Crippen LogP contribution in [-0.2, 0) is 6.18 Å². The van der Waals surface area contributed by atoms with E-state index < -0.39 is 11.7 Å². The number of alkyl halides is 3. The number of aromatic nitrogens is 1. The molecule has 0 spiro atoms. The first-order chi connectivity index (χ1) is 14.9. The Morgan fingerprint density at radius 1 is 0.903 bits per heavy atom. The predicted molar refractivity (Wildman–Crippen MR) is 118 cm³/mol. The molecule has 5 rings (SSSR count). The van der Waals surface area contributed by atoms with Crippen LogP contribution in [-0.4, -0.2) is 12.1 Å². The van der Waals surface area contributed by atoms with E-state index in [4.69, 9.17) is 9.72 Å². The van der Waals surface area contributed by atoms with E-state index in [1.54, 1.807) is 7.11 Å². The number of fused-ring (bicyclic) bond motifs is 5. The zero-order chi connectivity index (χ0) is 21.6. The number of hydrogen-bond donors (Lipinski definition) is 1. The van der Waals surface area contributed by atoms with E-state index in [9.17, 15) is 13.2 Å². The fourth-order valence-corrected chi connectivity index (χ4v) is 5.63. The maximum atomic E-state index is 13.3. The summed E-state index contributed by atoms with van der Waals surface area (Å²) in [5.74, 6) is 0.717. The molecule has 0 saturated heterocycles. The van der Waals surface area contributed by atoms with Gasteiger partial charge in [0, 0.05) is 32.7 Å². The number of anilines is 2. The topological polar surface area (TPSA) is 34.1 Å². The van der Waals surface area contributed by atoms with Crippen LogP contribution < -0.4 is 10.1 Å². The number of nitrogens with zero attached hydrogens (tertiary/aromatic N) is 1. The van der Waals surface area contributed by atoms with Crippen molar-refractivity contribution in [3.63, 3.8) is 0 Å². The SMILES string of the molecule is COc1cccc(Nc2nc3c(s2)-c2ccccc2Sc2cc(C(F)(F)F)ccc2-3)c1. The quantitative estimate of drug-likeness (QED) is 0.301. The van der Waals surface area contributed by atoms with E-state index in [2.05, 4.69) is 5.32 Å². The van der Waals surface area contributed by atoms with Crippen LogP contribution in [0.1, 0.15) is 5.56 Å². The molecule has 3 aromatic carbocycles. The zero-order valence-electron chi connectivity index (χ0n) is 16.2. The number of methoxy groups -OCH3 is 1. The van der Waals surface area contributed by atoms with Gasteiger partial charge in [0.1, 0.15) is 5.75 Å². The monoisotopic (exact) mass is 456 g/mol. The molecule has 156 valence electrons. The van der Waals surface area contributed by atoms with E-state index >= 15 is 0 Å². The van der Waals surface area contributed by atoms with E-state index in [1.165, 1.54) is 35.2 Å². The maximum absolute atomic E-state index is 13.3. The largest absolute Gasteiger partial charge is 0.497 e. The first-order valence-electron chi connectivity index (χ1n) is 9.33. The number of thiazole rings is 1. The summed E-state index contributed by atoms with van der Waals surface area (Å²) in [6.45, 7) is 0. The Morgan fingerprint density at radius 3 is 2.55 bits per heavy atom. The minimum absolute atomic E-state index is 0.541. The summed E-state index contributed by atoms with van der Waals surface area (Å²) in [4.78, 5) is 7.13. The molecule has 8 heteroatoms. The van der Waals surface area contributed by atoms with Crippen molar-refractivity contribution in [2.24, 2.45) is 0 Å². The molecular formula is C23H15F3N2OS2. The fraction of sp³-hybridized carbons (Fsp3) is 0.0870. The van der Waals surface area contributed by atoms with Gasteiger partial charge in [-0.15, -0.1) is 0 Å². The fourth-order valence-electron chi connectivity index (χ4n) is 3.40. The molecule has 0 bridgehead atoms. The lowest BCUT2D eigenvalue weighted by molar-refractivity contribution is -0.137. The second-order valence-electron chi connectivity index (χ2n) is 6.86. The Hall–Kier alpha value is -2.97. The molecule has 2 heterocycles. The standard InChI is InChI=1S/C23H15F3N2OS2/c1-29-15-6-4-5-14(12-15)27-22-28-20-16-10-9-13(23(24,25)26)11-19(16)30-18-8-3-2-7-17(18)21(20)31-22/h2-12H,1H3,(H,27,28). The number of nitrogens with one attached hydrogen (secondary N) is 1. The molecule has 1 aromatic heterocycles. The normalized spacial score (nSPS) is 12.4. The van der Waals surface area contributed by atoms with E-state index in [0.29, 0.717) is 21.3 Å². The van der Waals surface area contributed by atoms with Gasteiger partial charge < -0.3 is 10.1 Å². The Kier molecular flexibility index (Phi) is 4.91. The third kappa shape index (κ3) is 3.77. The van der Waals surface area contributed by atoms with Crippen LogP contribution in [0.4, 0.5) is 24.0 Å². The minimum atomic E-state index is -4.40. The van der Waals surface area contributed by atoms with Crippen LogP contribution in [0.2, 0.25) is 0 Å². The second-order valence-corrected chi connectivity index (χ2v) is 8.94. The molecule has 0 atom stereocenters. The lowest BCUT2D eigenvalue weighted by Crippen LogP contribution is -2.05. The average Bonchev–Trinajstić information content (AvgIpc) is 3.11. The lowest BCUT2D eigenvalue weighted by Gasteiger charge is -2.11. The zero-order valence-corrected chi connectivity index (χ0v) is 17.8. The van der Waals surface area contributed by atoms with Crippen molar-refractivity contribution in [2.75, 3.05) is 12.4 Å². The molecule has 0 unspecified atom stereocenters. The predicted octanol–water partition coefficient (Wildman–Crippen LogP) is 7.71. The number of rotatable bonds is 3. The summed E-state index contributed by atoms with van der Waals surface area (Å²) in [6.07, 6.45) is -4.40. The van der Waals surface area contributed by atoms with Gasteiger partial charge in [-0.25, -0.2) is 4.98 Å². The van der Waals surface area contributed by atoms with Gasteiger partial charge in [-0.05, 0) is 30.3 Å². The van der Waals surface area contributed by atoms with Crippen molar-refractivity contribution in [3.05, 3.63) is 72.3 Å². The molecule has 1 N–H and O–H groups in total. The van der Waals surface area contributed by atoms with Crippen LogP contribution in [0.5, 0.6) is 5.75 Å².